The van der Waals surface area contributed by atoms with E-state index in [0.717, 1.165) is 0 Å². The zero-order valence-electron chi connectivity index (χ0n) is 4.93. The van der Waals surface area contributed by atoms with Crippen molar-refractivity contribution in [3.8, 4) is 0 Å². The Balaban J connectivity index is 0. The topological polar surface area (TPSA) is 189 Å². The number of hydrogen-bond donors (Lipinski definition) is 0. The van der Waals surface area contributed by atoms with Crippen LogP contribution in [0.3, 0.4) is 0 Å². The quantitative estimate of drug-likeness (QED) is 0.396. The van der Waals surface area contributed by atoms with Crippen LogP contribution in [0.2, 0.25) is 0 Å². The van der Waals surface area contributed by atoms with Crippen molar-refractivity contribution in [1.82, 2.24) is 0 Å². The normalized spacial score (nSPS) is 0. The van der Waals surface area contributed by atoms with Gasteiger partial charge in [0, 0.05) is 34.1 Å². The molecule has 0 spiro atoms. The van der Waals surface area contributed by atoms with Crippen LogP contribution in [0.5, 0.6) is 0 Å². The molecular formula is H15Cl3Fe2O6. The fourth-order valence-electron chi connectivity index (χ4n) is 0. The Bertz CT molecular complexity index is 15.8. The van der Waals surface area contributed by atoms with E-state index in [1.165, 1.54) is 0 Å². The number of hydrogen-bond acceptors (Lipinski definition) is 0. The Morgan fingerprint density at radius 1 is 0.273 bits per heavy atom. The van der Waals surface area contributed by atoms with Gasteiger partial charge in [-0.25, -0.2) is 0 Å². The fourth-order valence-corrected chi connectivity index (χ4v) is 0. The molecule has 0 saturated heterocycles. The van der Waals surface area contributed by atoms with E-state index in [9.17, 15) is 0 Å². The van der Waals surface area contributed by atoms with Crippen LogP contribution >= 0.6 is 37.2 Å². The minimum absolute atomic E-state index is 0. The molecule has 0 aliphatic heterocycles. The van der Waals surface area contributed by atoms with Crippen molar-refractivity contribution < 1.29 is 67.0 Å². The van der Waals surface area contributed by atoms with E-state index < -0.39 is 0 Å². The number of rotatable bonds is 0. The summed E-state index contributed by atoms with van der Waals surface area (Å²) in [6.45, 7) is 0. The molecular weight excluding hydrogens is 314 g/mol. The van der Waals surface area contributed by atoms with E-state index >= 15 is 0 Å². The summed E-state index contributed by atoms with van der Waals surface area (Å²) in [6.07, 6.45) is 0. The third-order valence-electron chi connectivity index (χ3n) is 0. The molecule has 88 valence electrons. The second-order valence-corrected chi connectivity index (χ2v) is 0. The predicted octanol–water partition coefficient (Wildman–Crippen LogP) is -3.69. The van der Waals surface area contributed by atoms with Crippen LogP contribution in [0.15, 0.2) is 0 Å². The zero-order valence-corrected chi connectivity index (χ0v) is 9.59. The van der Waals surface area contributed by atoms with Gasteiger partial charge < -0.3 is 32.9 Å². The van der Waals surface area contributed by atoms with Crippen LogP contribution < -0.4 is 0 Å². The molecule has 0 aliphatic carbocycles. The Labute approximate surface area is 104 Å². The van der Waals surface area contributed by atoms with Crippen LogP contribution in [0.1, 0.15) is 0 Å². The molecule has 0 aromatic rings. The Morgan fingerprint density at radius 2 is 0.273 bits per heavy atom. The monoisotopic (exact) mass is 328 g/mol. The van der Waals surface area contributed by atoms with Gasteiger partial charge in [0.1, 0.15) is 0 Å². The van der Waals surface area contributed by atoms with Crippen molar-refractivity contribution in [2.75, 3.05) is 0 Å². The summed E-state index contributed by atoms with van der Waals surface area (Å²) >= 11 is 0. The van der Waals surface area contributed by atoms with Gasteiger partial charge in [0.25, 0.3) is 0 Å². The van der Waals surface area contributed by atoms with Crippen molar-refractivity contribution in [3.63, 3.8) is 0 Å². The molecule has 0 unspecified atom stereocenters. The zero-order chi connectivity index (χ0) is 0. The molecule has 12 N–H and O–H groups in total. The van der Waals surface area contributed by atoms with E-state index in [1.807, 2.05) is 0 Å². The standard InChI is InChI=1S/3ClH.2Fe.6H2O/h3*1H;;;6*1H2. The first kappa shape index (κ1) is 619. The molecule has 0 atom stereocenters. The Morgan fingerprint density at radius 3 is 0.273 bits per heavy atom. The van der Waals surface area contributed by atoms with Crippen LogP contribution in [0.4, 0.5) is 0 Å². The molecule has 11 heteroatoms. The fraction of sp³-hybridized carbons (Fsp3) is 0. The molecule has 0 bridgehead atoms. The van der Waals surface area contributed by atoms with E-state index in [0.29, 0.717) is 0 Å². The largest absolute Gasteiger partial charge is 0.412 e. The van der Waals surface area contributed by atoms with Gasteiger partial charge in [0.2, 0.25) is 0 Å². The molecule has 0 heterocycles. The third-order valence-corrected chi connectivity index (χ3v) is 0. The minimum atomic E-state index is 0. The van der Waals surface area contributed by atoms with E-state index in [2.05, 4.69) is 0 Å². The number of halogens is 3. The first-order valence-corrected chi connectivity index (χ1v) is 0. The van der Waals surface area contributed by atoms with Crippen LogP contribution in [-0.2, 0) is 34.1 Å². The van der Waals surface area contributed by atoms with Crippen molar-refractivity contribution >= 4 is 37.2 Å². The smallest absolute Gasteiger partial charge is 0 e. The SMILES string of the molecule is Cl.Cl.Cl.O.O.O.O.O.O.[Fe].[Fe]. The summed E-state index contributed by atoms with van der Waals surface area (Å²) in [6, 6.07) is 0. The maximum atomic E-state index is 0. The van der Waals surface area contributed by atoms with Crippen LogP contribution in [0, 0.1) is 0 Å². The summed E-state index contributed by atoms with van der Waals surface area (Å²) < 4.78 is 0. The molecule has 0 fully saturated rings. The molecule has 0 rings (SSSR count). The molecule has 0 aliphatic rings. The van der Waals surface area contributed by atoms with E-state index in [-0.39, 0.29) is 104 Å². The van der Waals surface area contributed by atoms with Crippen molar-refractivity contribution in [1.29, 1.82) is 0 Å². The second kappa shape index (κ2) is 477. The molecule has 0 saturated carbocycles. The molecule has 6 nitrogen and oxygen atoms in total. The summed E-state index contributed by atoms with van der Waals surface area (Å²) in [7, 11) is 0. The van der Waals surface area contributed by atoms with Gasteiger partial charge in [-0.3, -0.25) is 0 Å². The van der Waals surface area contributed by atoms with Crippen LogP contribution in [-0.4, -0.2) is 32.9 Å². The average molecular weight is 329 g/mol. The minimum Gasteiger partial charge on any atom is -0.412 e. The van der Waals surface area contributed by atoms with E-state index in [1.54, 1.807) is 0 Å². The molecule has 0 aromatic heterocycles. The van der Waals surface area contributed by atoms with Crippen molar-refractivity contribution in [2.24, 2.45) is 0 Å². The Kier molecular flexibility index (Phi) is 26800. The van der Waals surface area contributed by atoms with Gasteiger partial charge in [-0.05, 0) is 0 Å². The van der Waals surface area contributed by atoms with Gasteiger partial charge in [-0.15, -0.1) is 37.2 Å². The molecule has 11 heavy (non-hydrogen) atoms. The maximum absolute atomic E-state index is 0. The summed E-state index contributed by atoms with van der Waals surface area (Å²) in [5.74, 6) is 0. The van der Waals surface area contributed by atoms with Gasteiger partial charge in [0.15, 0.2) is 0 Å². The maximum Gasteiger partial charge on any atom is 0 e. The van der Waals surface area contributed by atoms with Gasteiger partial charge >= 0.3 is 0 Å². The molecule has 0 amide bonds. The summed E-state index contributed by atoms with van der Waals surface area (Å²) in [5.41, 5.74) is 0. The summed E-state index contributed by atoms with van der Waals surface area (Å²) in [5, 5.41) is 0. The van der Waals surface area contributed by atoms with Gasteiger partial charge in [-0.1, -0.05) is 0 Å². The predicted molar refractivity (Wildman–Crippen MR) is 43.4 cm³/mol. The first-order valence-electron chi connectivity index (χ1n) is 0. The van der Waals surface area contributed by atoms with Gasteiger partial charge in [0.05, 0.1) is 0 Å². The van der Waals surface area contributed by atoms with Crippen LogP contribution in [0.25, 0.3) is 0 Å². The average Bonchev–Trinajstić information content (AvgIpc) is 0. The first-order chi connectivity index (χ1) is 0. The van der Waals surface area contributed by atoms with Crippen molar-refractivity contribution in [2.45, 2.75) is 0 Å². The van der Waals surface area contributed by atoms with Gasteiger partial charge in [-0.2, -0.15) is 0 Å². The van der Waals surface area contributed by atoms with Crippen molar-refractivity contribution in [3.05, 3.63) is 0 Å². The molecule has 0 aromatic carbocycles. The second-order valence-electron chi connectivity index (χ2n) is 0. The van der Waals surface area contributed by atoms with E-state index in [4.69, 9.17) is 0 Å². The Hall–Kier alpha value is 1.67. The summed E-state index contributed by atoms with van der Waals surface area (Å²) in [4.78, 5) is 0. The molecule has 0 radical (unpaired) electrons. The third kappa shape index (κ3) is 392.